The first-order valence-electron chi connectivity index (χ1n) is 5.50. The molecule has 0 aliphatic carbocycles. The first-order chi connectivity index (χ1) is 8.44. The predicted octanol–water partition coefficient (Wildman–Crippen LogP) is 0.994. The largest absolute Gasteiger partial charge is 0.320 e. The number of nitrogens with one attached hydrogen (secondary N) is 2. The first kappa shape index (κ1) is 15.0. The molecule has 0 aliphatic rings. The van der Waals surface area contributed by atoms with E-state index in [4.69, 9.17) is 0 Å². The fraction of sp³-hybridized carbons (Fsp3) is 0.455. The van der Waals surface area contributed by atoms with E-state index in [2.05, 4.69) is 10.0 Å². The van der Waals surface area contributed by atoms with Crippen LogP contribution in [0.3, 0.4) is 0 Å². The Hall–Kier alpha value is -1.05. The van der Waals surface area contributed by atoms with E-state index in [1.54, 1.807) is 7.05 Å². The molecule has 1 aromatic carbocycles. The topological polar surface area (TPSA) is 58.2 Å². The van der Waals surface area contributed by atoms with Crippen LogP contribution in [0.15, 0.2) is 18.2 Å². The van der Waals surface area contributed by atoms with Crippen LogP contribution in [0.5, 0.6) is 0 Å². The maximum Gasteiger partial charge on any atom is 0.211 e. The number of halogens is 2. The fourth-order valence-electron chi connectivity index (χ4n) is 1.38. The van der Waals surface area contributed by atoms with Gasteiger partial charge in [-0.25, -0.2) is 21.9 Å². The third-order valence-electron chi connectivity index (χ3n) is 2.33. The third-order valence-corrected chi connectivity index (χ3v) is 3.74. The molecule has 0 spiro atoms. The molecule has 1 rings (SSSR count). The molecular formula is C11H16F2N2O2S. The van der Waals surface area contributed by atoms with Gasteiger partial charge in [-0.2, -0.15) is 0 Å². The molecule has 0 saturated carbocycles. The number of benzene rings is 1. The van der Waals surface area contributed by atoms with Gasteiger partial charge >= 0.3 is 0 Å². The van der Waals surface area contributed by atoms with Crippen LogP contribution in [0.1, 0.15) is 12.0 Å². The smallest absolute Gasteiger partial charge is 0.211 e. The minimum absolute atomic E-state index is 0.00723. The molecule has 1 aromatic rings. The zero-order valence-electron chi connectivity index (χ0n) is 10.0. The summed E-state index contributed by atoms with van der Waals surface area (Å²) in [7, 11) is -1.74. The van der Waals surface area contributed by atoms with Gasteiger partial charge in [0, 0.05) is 12.1 Å². The molecule has 0 amide bonds. The zero-order valence-corrected chi connectivity index (χ0v) is 10.9. The van der Waals surface area contributed by atoms with Gasteiger partial charge in [-0.3, -0.25) is 0 Å². The monoisotopic (exact) mass is 278 g/mol. The highest BCUT2D eigenvalue weighted by Crippen LogP contribution is 2.09. The van der Waals surface area contributed by atoms with Crippen molar-refractivity contribution in [3.8, 4) is 0 Å². The van der Waals surface area contributed by atoms with Crippen LogP contribution in [-0.4, -0.2) is 27.8 Å². The number of hydrogen-bond acceptors (Lipinski definition) is 3. The van der Waals surface area contributed by atoms with Crippen LogP contribution in [0.2, 0.25) is 0 Å². The van der Waals surface area contributed by atoms with Crippen LogP contribution >= 0.6 is 0 Å². The molecule has 0 aliphatic heterocycles. The Morgan fingerprint density at radius 3 is 2.67 bits per heavy atom. The summed E-state index contributed by atoms with van der Waals surface area (Å²) in [6, 6.07) is 2.94. The van der Waals surface area contributed by atoms with Crippen molar-refractivity contribution in [3.05, 3.63) is 35.4 Å². The first-order valence-corrected chi connectivity index (χ1v) is 7.16. The molecule has 0 bridgehead atoms. The highest BCUT2D eigenvalue weighted by molar-refractivity contribution is 7.89. The Balaban J connectivity index is 2.56. The van der Waals surface area contributed by atoms with Crippen LogP contribution in [0.4, 0.5) is 8.78 Å². The molecular weight excluding hydrogens is 262 g/mol. The zero-order chi connectivity index (χ0) is 13.6. The van der Waals surface area contributed by atoms with E-state index in [-0.39, 0.29) is 17.9 Å². The second kappa shape index (κ2) is 6.77. The summed E-state index contributed by atoms with van der Waals surface area (Å²) in [6.45, 7) is 0.334. The summed E-state index contributed by atoms with van der Waals surface area (Å²) in [4.78, 5) is 0. The van der Waals surface area contributed by atoms with E-state index >= 15 is 0 Å². The van der Waals surface area contributed by atoms with Crippen LogP contribution in [0, 0.1) is 11.6 Å². The van der Waals surface area contributed by atoms with E-state index in [0.717, 1.165) is 18.2 Å². The van der Waals surface area contributed by atoms with Crippen LogP contribution < -0.4 is 10.0 Å². The van der Waals surface area contributed by atoms with Crippen LogP contribution in [-0.2, 0) is 16.6 Å². The molecule has 0 radical (unpaired) electrons. The summed E-state index contributed by atoms with van der Waals surface area (Å²) in [6.07, 6.45) is 0.456. The van der Waals surface area contributed by atoms with E-state index in [0.29, 0.717) is 13.0 Å². The Morgan fingerprint density at radius 1 is 1.28 bits per heavy atom. The highest BCUT2D eigenvalue weighted by Gasteiger charge is 2.11. The molecule has 0 heterocycles. The van der Waals surface area contributed by atoms with Gasteiger partial charge in [0.1, 0.15) is 11.6 Å². The van der Waals surface area contributed by atoms with E-state index in [1.165, 1.54) is 0 Å². The van der Waals surface area contributed by atoms with Gasteiger partial charge in [-0.05, 0) is 38.2 Å². The lowest BCUT2D eigenvalue weighted by atomic mass is 10.2. The lowest BCUT2D eigenvalue weighted by Gasteiger charge is -2.07. The molecule has 4 nitrogen and oxygen atoms in total. The standard InChI is InChI=1S/C11H16F2N2O2S/c1-14-5-2-6-18(16,17)15-8-9-7-10(12)3-4-11(9)13/h3-4,7,14-15H,2,5-6,8H2,1H3. The summed E-state index contributed by atoms with van der Waals surface area (Å²) in [5.74, 6) is -1.28. The predicted molar refractivity (Wildman–Crippen MR) is 65.5 cm³/mol. The number of hydrogen-bond donors (Lipinski definition) is 2. The van der Waals surface area contributed by atoms with Gasteiger partial charge in [-0.15, -0.1) is 0 Å². The van der Waals surface area contributed by atoms with Gasteiger partial charge in [0.25, 0.3) is 0 Å². The lowest BCUT2D eigenvalue weighted by molar-refractivity contribution is 0.564. The average Bonchev–Trinajstić information content (AvgIpc) is 2.31. The summed E-state index contributed by atoms with van der Waals surface area (Å²) < 4.78 is 51.4. The van der Waals surface area contributed by atoms with Crippen molar-refractivity contribution in [1.29, 1.82) is 0 Å². The molecule has 2 N–H and O–H groups in total. The van der Waals surface area contributed by atoms with Gasteiger partial charge in [0.2, 0.25) is 10.0 Å². The van der Waals surface area contributed by atoms with Crippen molar-refractivity contribution in [2.24, 2.45) is 0 Å². The molecule has 18 heavy (non-hydrogen) atoms. The molecule has 102 valence electrons. The van der Waals surface area contributed by atoms with Crippen molar-refractivity contribution in [3.63, 3.8) is 0 Å². The Labute approximate surface area is 105 Å². The normalized spacial score (nSPS) is 11.7. The van der Waals surface area contributed by atoms with Crippen molar-refractivity contribution in [2.45, 2.75) is 13.0 Å². The lowest BCUT2D eigenvalue weighted by Crippen LogP contribution is -2.27. The molecule has 0 unspecified atom stereocenters. The second-order valence-electron chi connectivity index (χ2n) is 3.83. The van der Waals surface area contributed by atoms with E-state index < -0.39 is 21.7 Å². The minimum Gasteiger partial charge on any atom is -0.320 e. The van der Waals surface area contributed by atoms with Crippen molar-refractivity contribution >= 4 is 10.0 Å². The number of sulfonamides is 1. The quantitative estimate of drug-likeness (QED) is 0.731. The number of rotatable bonds is 7. The molecule has 7 heteroatoms. The minimum atomic E-state index is -3.46. The summed E-state index contributed by atoms with van der Waals surface area (Å²) in [5, 5.41) is 2.83. The van der Waals surface area contributed by atoms with Crippen LogP contribution in [0.25, 0.3) is 0 Å². The maximum atomic E-state index is 13.2. The van der Waals surface area contributed by atoms with E-state index in [1.807, 2.05) is 0 Å². The molecule has 0 aromatic heterocycles. The second-order valence-corrected chi connectivity index (χ2v) is 5.76. The van der Waals surface area contributed by atoms with Gasteiger partial charge < -0.3 is 5.32 Å². The maximum absolute atomic E-state index is 13.2. The SMILES string of the molecule is CNCCCS(=O)(=O)NCc1cc(F)ccc1F. The van der Waals surface area contributed by atoms with Gasteiger partial charge in [-0.1, -0.05) is 0 Å². The molecule has 0 fully saturated rings. The third kappa shape index (κ3) is 5.07. The Morgan fingerprint density at radius 2 is 2.00 bits per heavy atom. The molecule has 0 saturated heterocycles. The Bertz CT molecular complexity index is 492. The summed E-state index contributed by atoms with van der Waals surface area (Å²) in [5.41, 5.74) is -0.00723. The molecule has 0 atom stereocenters. The van der Waals surface area contributed by atoms with E-state index in [9.17, 15) is 17.2 Å². The fourth-order valence-corrected chi connectivity index (χ4v) is 2.42. The van der Waals surface area contributed by atoms with Gasteiger partial charge in [0.15, 0.2) is 0 Å². The summed E-state index contributed by atoms with van der Waals surface area (Å²) >= 11 is 0. The average molecular weight is 278 g/mol. The van der Waals surface area contributed by atoms with Crippen molar-refractivity contribution in [2.75, 3.05) is 19.3 Å². The van der Waals surface area contributed by atoms with Crippen molar-refractivity contribution in [1.82, 2.24) is 10.0 Å². The highest BCUT2D eigenvalue weighted by atomic mass is 32.2. The van der Waals surface area contributed by atoms with Crippen molar-refractivity contribution < 1.29 is 17.2 Å². The Kier molecular flexibility index (Phi) is 5.64. The van der Waals surface area contributed by atoms with Gasteiger partial charge in [0.05, 0.1) is 5.75 Å².